The van der Waals surface area contributed by atoms with Gasteiger partial charge >= 0.3 is 0 Å². The fourth-order valence-corrected chi connectivity index (χ4v) is 5.35. The minimum Gasteiger partial charge on any atom is -0.332 e. The quantitative estimate of drug-likeness (QED) is 0.738. The zero-order valence-electron chi connectivity index (χ0n) is 17.6. The first-order valence-corrected chi connectivity index (χ1v) is 12.3. The van der Waals surface area contributed by atoms with Crippen molar-refractivity contribution >= 4 is 15.9 Å². The maximum Gasteiger partial charge on any atom is 0.255 e. The summed E-state index contributed by atoms with van der Waals surface area (Å²) in [7, 11) is -3.37. The van der Waals surface area contributed by atoms with E-state index in [9.17, 15) is 18.0 Å². The van der Waals surface area contributed by atoms with Gasteiger partial charge in [-0.25, -0.2) is 13.4 Å². The largest absolute Gasteiger partial charge is 0.332 e. The average Bonchev–Trinajstić information content (AvgIpc) is 2.79. The molecule has 1 amide bonds. The van der Waals surface area contributed by atoms with Crippen molar-refractivity contribution in [2.75, 3.05) is 18.8 Å². The van der Waals surface area contributed by atoms with E-state index in [1.54, 1.807) is 30.3 Å². The Morgan fingerprint density at radius 1 is 1.29 bits per heavy atom. The molecule has 1 saturated heterocycles. The fraction of sp³-hybridized carbons (Fsp3) is 0.524. The summed E-state index contributed by atoms with van der Waals surface area (Å²) in [5, 5.41) is 0. The van der Waals surface area contributed by atoms with Gasteiger partial charge in [-0.1, -0.05) is 6.07 Å². The van der Waals surface area contributed by atoms with Crippen LogP contribution in [0.3, 0.4) is 0 Å². The number of carbonyl (C=O) groups is 1. The minimum atomic E-state index is -3.37. The van der Waals surface area contributed by atoms with Crippen molar-refractivity contribution in [3.8, 4) is 0 Å². The van der Waals surface area contributed by atoms with Crippen LogP contribution in [-0.4, -0.2) is 57.3 Å². The van der Waals surface area contributed by atoms with Crippen LogP contribution in [0.15, 0.2) is 29.3 Å². The second-order valence-electron chi connectivity index (χ2n) is 8.00. The lowest BCUT2D eigenvalue weighted by Crippen LogP contribution is -2.43. The van der Waals surface area contributed by atoms with Gasteiger partial charge in [-0.05, 0) is 37.8 Å². The Morgan fingerprint density at radius 2 is 2.13 bits per heavy atom. The molecule has 0 radical (unpaired) electrons. The maximum atomic E-state index is 13.0. The van der Waals surface area contributed by atoms with Gasteiger partial charge in [-0.2, -0.15) is 4.31 Å². The molecule has 1 atom stereocenters. The van der Waals surface area contributed by atoms with Crippen LogP contribution >= 0.6 is 0 Å². The smallest absolute Gasteiger partial charge is 0.255 e. The third-order valence-electron chi connectivity index (χ3n) is 6.03. The predicted molar refractivity (Wildman–Crippen MR) is 115 cm³/mol. The number of rotatable bonds is 5. The van der Waals surface area contributed by atoms with E-state index in [1.165, 1.54) is 4.31 Å². The van der Waals surface area contributed by atoms with Crippen molar-refractivity contribution in [1.29, 1.82) is 0 Å². The SMILES string of the molecule is CCS(=O)(=O)N1CCc2nc([C@@H]3CCCCN3C(=O)Cc3cccnc3)[nH]c(=O)c2C1. The summed E-state index contributed by atoms with van der Waals surface area (Å²) in [6.45, 7) is 2.57. The molecular weight excluding hydrogens is 418 g/mol. The number of fused-ring (bicyclic) bond motifs is 1. The molecule has 10 heteroatoms. The number of likely N-dealkylation sites (tertiary alicyclic amines) is 1. The van der Waals surface area contributed by atoms with Crippen LogP contribution in [0.1, 0.15) is 54.9 Å². The molecule has 2 aromatic rings. The highest BCUT2D eigenvalue weighted by atomic mass is 32.2. The number of hydrogen-bond acceptors (Lipinski definition) is 6. The van der Waals surface area contributed by atoms with Crippen molar-refractivity contribution in [1.82, 2.24) is 24.2 Å². The lowest BCUT2D eigenvalue weighted by molar-refractivity contribution is -0.134. The van der Waals surface area contributed by atoms with Crippen molar-refractivity contribution in [3.63, 3.8) is 0 Å². The summed E-state index contributed by atoms with van der Waals surface area (Å²) in [5.41, 5.74) is 1.56. The summed E-state index contributed by atoms with van der Waals surface area (Å²) in [6.07, 6.45) is 6.60. The molecule has 0 bridgehead atoms. The Kier molecular flexibility index (Phi) is 6.19. The molecule has 0 spiro atoms. The maximum absolute atomic E-state index is 13.0. The molecule has 1 fully saturated rings. The van der Waals surface area contributed by atoms with Crippen molar-refractivity contribution in [3.05, 3.63) is 57.5 Å². The number of hydrogen-bond donors (Lipinski definition) is 1. The zero-order valence-corrected chi connectivity index (χ0v) is 18.4. The number of pyridine rings is 1. The third kappa shape index (κ3) is 4.54. The normalized spacial score (nSPS) is 19.8. The first-order chi connectivity index (χ1) is 14.9. The first-order valence-electron chi connectivity index (χ1n) is 10.7. The number of nitrogens with zero attached hydrogens (tertiary/aromatic N) is 4. The van der Waals surface area contributed by atoms with Crippen LogP contribution in [0.5, 0.6) is 0 Å². The Hall–Kier alpha value is -2.59. The highest BCUT2D eigenvalue weighted by Gasteiger charge is 2.33. The van der Waals surface area contributed by atoms with Crippen molar-refractivity contribution in [2.45, 2.75) is 51.6 Å². The first kappa shape index (κ1) is 21.6. The summed E-state index contributed by atoms with van der Waals surface area (Å²) in [4.78, 5) is 39.3. The van der Waals surface area contributed by atoms with Crippen LogP contribution in [0.2, 0.25) is 0 Å². The van der Waals surface area contributed by atoms with Gasteiger partial charge in [-0.15, -0.1) is 0 Å². The number of aromatic nitrogens is 3. The highest BCUT2D eigenvalue weighted by Crippen LogP contribution is 2.30. The summed E-state index contributed by atoms with van der Waals surface area (Å²) in [6, 6.07) is 3.40. The molecule has 0 aliphatic carbocycles. The van der Waals surface area contributed by atoms with Gasteiger partial charge in [0, 0.05) is 38.4 Å². The molecule has 0 aromatic carbocycles. The lowest BCUT2D eigenvalue weighted by atomic mass is 9.99. The standard InChI is InChI=1S/C21H27N5O4S/c1-2-31(29,30)25-11-8-17-16(14-25)21(28)24-20(23-17)18-7-3-4-10-26(18)19(27)12-15-6-5-9-22-13-15/h5-6,9,13,18H,2-4,7-8,10-12,14H2,1H3,(H,23,24,28)/t18-/m0/s1. The summed E-state index contributed by atoms with van der Waals surface area (Å²) < 4.78 is 25.7. The van der Waals surface area contributed by atoms with Crippen molar-refractivity contribution in [2.24, 2.45) is 0 Å². The average molecular weight is 446 g/mol. The van der Waals surface area contributed by atoms with Gasteiger partial charge in [0.05, 0.1) is 29.5 Å². The van der Waals surface area contributed by atoms with Gasteiger partial charge in [0.25, 0.3) is 5.56 Å². The van der Waals surface area contributed by atoms with Gasteiger partial charge in [0.2, 0.25) is 15.9 Å². The number of aromatic amines is 1. The summed E-state index contributed by atoms with van der Waals surface area (Å²) >= 11 is 0. The molecule has 9 nitrogen and oxygen atoms in total. The van der Waals surface area contributed by atoms with E-state index in [-0.39, 0.29) is 36.2 Å². The van der Waals surface area contributed by atoms with Gasteiger partial charge in [0.1, 0.15) is 5.82 Å². The molecule has 166 valence electrons. The minimum absolute atomic E-state index is 0.00182. The Bertz CT molecular complexity index is 1120. The van der Waals surface area contributed by atoms with Crippen LogP contribution in [0.25, 0.3) is 0 Å². The second kappa shape index (κ2) is 8.88. The number of amides is 1. The molecule has 31 heavy (non-hydrogen) atoms. The van der Waals surface area contributed by atoms with Crippen LogP contribution < -0.4 is 5.56 Å². The van der Waals surface area contributed by atoms with Gasteiger partial charge in [0.15, 0.2) is 0 Å². The number of H-pyrrole nitrogens is 1. The van der Waals surface area contributed by atoms with E-state index >= 15 is 0 Å². The van der Waals surface area contributed by atoms with Crippen molar-refractivity contribution < 1.29 is 13.2 Å². The number of sulfonamides is 1. The molecule has 0 unspecified atom stereocenters. The molecule has 4 heterocycles. The van der Waals surface area contributed by atoms with Crippen LogP contribution in [0.4, 0.5) is 0 Å². The zero-order chi connectivity index (χ0) is 22.0. The van der Waals surface area contributed by atoms with Crippen LogP contribution in [-0.2, 0) is 34.2 Å². The molecule has 2 aliphatic rings. The van der Waals surface area contributed by atoms with Gasteiger partial charge < -0.3 is 9.88 Å². The monoisotopic (exact) mass is 445 g/mol. The molecule has 1 N–H and O–H groups in total. The topological polar surface area (TPSA) is 116 Å². The molecule has 2 aromatic heterocycles. The molecular formula is C21H27N5O4S. The Balaban J connectivity index is 1.59. The second-order valence-corrected chi connectivity index (χ2v) is 10.3. The van der Waals surface area contributed by atoms with E-state index in [0.29, 0.717) is 36.6 Å². The lowest BCUT2D eigenvalue weighted by Gasteiger charge is -2.36. The highest BCUT2D eigenvalue weighted by molar-refractivity contribution is 7.89. The van der Waals surface area contributed by atoms with E-state index < -0.39 is 10.0 Å². The predicted octanol–water partition coefficient (Wildman–Crippen LogP) is 1.17. The van der Waals surface area contributed by atoms with E-state index in [2.05, 4.69) is 9.97 Å². The Morgan fingerprint density at radius 3 is 2.87 bits per heavy atom. The molecule has 0 saturated carbocycles. The van der Waals surface area contributed by atoms with E-state index in [4.69, 9.17) is 4.98 Å². The van der Waals surface area contributed by atoms with E-state index in [0.717, 1.165) is 24.8 Å². The third-order valence-corrected chi connectivity index (χ3v) is 7.86. The number of carbonyl (C=O) groups excluding carboxylic acids is 1. The van der Waals surface area contributed by atoms with E-state index in [1.807, 2.05) is 6.07 Å². The molecule has 2 aliphatic heterocycles. The van der Waals surface area contributed by atoms with Crippen LogP contribution in [0, 0.1) is 0 Å². The Labute approximate surface area is 181 Å². The fourth-order valence-electron chi connectivity index (χ4n) is 4.29. The van der Waals surface area contributed by atoms with Gasteiger partial charge in [-0.3, -0.25) is 14.6 Å². The number of nitrogens with one attached hydrogen (secondary N) is 1. The number of piperidine rings is 1. The molecule has 4 rings (SSSR count). The summed E-state index contributed by atoms with van der Waals surface area (Å²) in [5.74, 6) is 0.482.